The van der Waals surface area contributed by atoms with Crippen LogP contribution in [-0.4, -0.2) is 42.3 Å². The lowest BCUT2D eigenvalue weighted by Gasteiger charge is -2.30. The first-order valence-corrected chi connectivity index (χ1v) is 7.76. The quantitative estimate of drug-likeness (QED) is 0.829. The number of amides is 1. The van der Waals surface area contributed by atoms with Gasteiger partial charge in [-0.25, -0.2) is 0 Å². The molecule has 1 N–H and O–H groups in total. The molecule has 4 atom stereocenters. The summed E-state index contributed by atoms with van der Waals surface area (Å²) in [6.07, 6.45) is 3.53. The van der Waals surface area contributed by atoms with Crippen LogP contribution in [0.5, 0.6) is 0 Å². The van der Waals surface area contributed by atoms with Crippen LogP contribution in [0.2, 0.25) is 0 Å². The summed E-state index contributed by atoms with van der Waals surface area (Å²) in [4.78, 5) is 14.5. The standard InChI is InChI=1S/C15H28N2O2/c1-5-12-15(18)17(14(16-12)10(3)4)9-11-7-8-19-13(11)6-2/h10-14,16H,5-9H2,1-4H3. The predicted octanol–water partition coefficient (Wildman–Crippen LogP) is 1.99. The van der Waals surface area contributed by atoms with Crippen molar-refractivity contribution in [1.82, 2.24) is 10.2 Å². The minimum atomic E-state index is 0.00907. The Hall–Kier alpha value is -0.610. The van der Waals surface area contributed by atoms with Crippen molar-refractivity contribution < 1.29 is 9.53 Å². The maximum Gasteiger partial charge on any atom is 0.241 e. The minimum absolute atomic E-state index is 0.00907. The van der Waals surface area contributed by atoms with E-state index >= 15 is 0 Å². The third kappa shape index (κ3) is 2.95. The van der Waals surface area contributed by atoms with E-state index in [1.807, 2.05) is 0 Å². The first-order valence-electron chi connectivity index (χ1n) is 7.76. The largest absolute Gasteiger partial charge is 0.378 e. The molecule has 2 aliphatic rings. The van der Waals surface area contributed by atoms with Gasteiger partial charge < -0.3 is 9.64 Å². The summed E-state index contributed by atoms with van der Waals surface area (Å²) in [5.41, 5.74) is 0. The summed E-state index contributed by atoms with van der Waals surface area (Å²) in [5, 5.41) is 3.48. The SMILES string of the molecule is CCC1NC(C(C)C)N(CC2CCOC2CC)C1=O. The summed E-state index contributed by atoms with van der Waals surface area (Å²) in [7, 11) is 0. The number of rotatable bonds is 5. The number of hydrogen-bond acceptors (Lipinski definition) is 3. The molecule has 4 heteroatoms. The van der Waals surface area contributed by atoms with Crippen molar-refractivity contribution in [1.29, 1.82) is 0 Å². The third-order valence-corrected chi connectivity index (χ3v) is 4.51. The topological polar surface area (TPSA) is 41.6 Å². The molecule has 0 aromatic heterocycles. The van der Waals surface area contributed by atoms with Crippen LogP contribution in [0.3, 0.4) is 0 Å². The number of nitrogens with zero attached hydrogens (tertiary/aromatic N) is 1. The average molecular weight is 268 g/mol. The number of nitrogens with one attached hydrogen (secondary N) is 1. The van der Waals surface area contributed by atoms with Crippen molar-refractivity contribution in [2.45, 2.75) is 65.3 Å². The molecule has 1 amide bonds. The molecule has 0 spiro atoms. The highest BCUT2D eigenvalue weighted by Crippen LogP contribution is 2.28. The lowest BCUT2D eigenvalue weighted by molar-refractivity contribution is -0.131. The maximum absolute atomic E-state index is 12.5. The Morgan fingerprint density at radius 2 is 2.11 bits per heavy atom. The maximum atomic E-state index is 12.5. The van der Waals surface area contributed by atoms with Crippen molar-refractivity contribution in [2.24, 2.45) is 11.8 Å². The first-order chi connectivity index (χ1) is 9.08. The van der Waals surface area contributed by atoms with E-state index in [9.17, 15) is 4.79 Å². The van der Waals surface area contributed by atoms with Crippen LogP contribution in [0.4, 0.5) is 0 Å². The smallest absolute Gasteiger partial charge is 0.241 e. The molecule has 2 aliphatic heterocycles. The summed E-state index contributed by atoms with van der Waals surface area (Å²) in [6, 6.07) is 0.00907. The van der Waals surface area contributed by atoms with E-state index < -0.39 is 0 Å². The highest BCUT2D eigenvalue weighted by molar-refractivity contribution is 5.84. The van der Waals surface area contributed by atoms with Gasteiger partial charge >= 0.3 is 0 Å². The second-order valence-corrected chi connectivity index (χ2v) is 6.17. The van der Waals surface area contributed by atoms with Crippen LogP contribution < -0.4 is 5.32 Å². The summed E-state index contributed by atoms with van der Waals surface area (Å²) < 4.78 is 5.75. The lowest BCUT2D eigenvalue weighted by Crippen LogP contribution is -2.44. The zero-order chi connectivity index (χ0) is 14.0. The normalized spacial score (nSPS) is 35.6. The van der Waals surface area contributed by atoms with Gasteiger partial charge in [0.1, 0.15) is 0 Å². The van der Waals surface area contributed by atoms with Crippen LogP contribution in [0.1, 0.15) is 47.0 Å². The van der Waals surface area contributed by atoms with Crippen molar-refractivity contribution in [2.75, 3.05) is 13.2 Å². The van der Waals surface area contributed by atoms with E-state index in [0.717, 1.165) is 32.4 Å². The Morgan fingerprint density at radius 1 is 1.37 bits per heavy atom. The molecule has 19 heavy (non-hydrogen) atoms. The Kier molecular flexibility index (Phi) is 4.85. The van der Waals surface area contributed by atoms with Gasteiger partial charge in [-0.1, -0.05) is 27.7 Å². The molecular formula is C15H28N2O2. The van der Waals surface area contributed by atoms with Gasteiger partial charge in [-0.3, -0.25) is 10.1 Å². The number of carbonyl (C=O) groups is 1. The zero-order valence-electron chi connectivity index (χ0n) is 12.7. The monoisotopic (exact) mass is 268 g/mol. The number of hydrogen-bond donors (Lipinski definition) is 1. The first kappa shape index (κ1) is 14.8. The third-order valence-electron chi connectivity index (χ3n) is 4.51. The Bertz CT molecular complexity index is 319. The van der Waals surface area contributed by atoms with Gasteiger partial charge in [0.2, 0.25) is 5.91 Å². The van der Waals surface area contributed by atoms with E-state index in [2.05, 4.69) is 37.9 Å². The van der Waals surface area contributed by atoms with Gasteiger partial charge in [0.05, 0.1) is 18.3 Å². The van der Waals surface area contributed by atoms with Crippen molar-refractivity contribution in [3.8, 4) is 0 Å². The van der Waals surface area contributed by atoms with E-state index in [-0.39, 0.29) is 18.1 Å². The van der Waals surface area contributed by atoms with Gasteiger partial charge in [0.25, 0.3) is 0 Å². The van der Waals surface area contributed by atoms with Gasteiger partial charge in [0.15, 0.2) is 0 Å². The molecular weight excluding hydrogens is 240 g/mol. The Labute approximate surface area is 116 Å². The second-order valence-electron chi connectivity index (χ2n) is 6.17. The second kappa shape index (κ2) is 6.23. The number of carbonyl (C=O) groups excluding carboxylic acids is 1. The molecule has 0 aliphatic carbocycles. The molecule has 2 heterocycles. The Morgan fingerprint density at radius 3 is 2.68 bits per heavy atom. The highest BCUT2D eigenvalue weighted by Gasteiger charge is 2.41. The van der Waals surface area contributed by atoms with Gasteiger partial charge in [0, 0.05) is 19.1 Å². The molecule has 4 nitrogen and oxygen atoms in total. The van der Waals surface area contributed by atoms with Crippen LogP contribution in [0, 0.1) is 11.8 Å². The van der Waals surface area contributed by atoms with Crippen molar-refractivity contribution >= 4 is 5.91 Å². The average Bonchev–Trinajstić information content (AvgIpc) is 2.95. The van der Waals surface area contributed by atoms with E-state index in [4.69, 9.17) is 4.74 Å². The molecule has 2 rings (SSSR count). The highest BCUT2D eigenvalue weighted by atomic mass is 16.5. The van der Waals surface area contributed by atoms with E-state index in [1.54, 1.807) is 0 Å². The molecule has 2 saturated heterocycles. The van der Waals surface area contributed by atoms with Crippen LogP contribution in [-0.2, 0) is 9.53 Å². The fraction of sp³-hybridized carbons (Fsp3) is 0.933. The van der Waals surface area contributed by atoms with Crippen LogP contribution in [0.25, 0.3) is 0 Å². The summed E-state index contributed by atoms with van der Waals surface area (Å²) in [6.45, 7) is 10.3. The van der Waals surface area contributed by atoms with Gasteiger partial charge in [-0.2, -0.15) is 0 Å². The number of ether oxygens (including phenoxy) is 1. The fourth-order valence-corrected chi connectivity index (χ4v) is 3.36. The summed E-state index contributed by atoms with van der Waals surface area (Å²) >= 11 is 0. The molecule has 2 fully saturated rings. The van der Waals surface area contributed by atoms with Crippen LogP contribution >= 0.6 is 0 Å². The van der Waals surface area contributed by atoms with Crippen molar-refractivity contribution in [3.63, 3.8) is 0 Å². The molecule has 0 radical (unpaired) electrons. The minimum Gasteiger partial charge on any atom is -0.378 e. The fourth-order valence-electron chi connectivity index (χ4n) is 3.36. The predicted molar refractivity (Wildman–Crippen MR) is 75.7 cm³/mol. The molecule has 0 aromatic carbocycles. The summed E-state index contributed by atoms with van der Waals surface area (Å²) in [5.74, 6) is 1.23. The molecule has 0 aromatic rings. The lowest BCUT2D eigenvalue weighted by atomic mass is 9.98. The van der Waals surface area contributed by atoms with E-state index in [0.29, 0.717) is 17.9 Å². The van der Waals surface area contributed by atoms with Crippen molar-refractivity contribution in [3.05, 3.63) is 0 Å². The van der Waals surface area contributed by atoms with Gasteiger partial charge in [-0.05, 0) is 25.2 Å². The molecule has 0 bridgehead atoms. The Balaban J connectivity index is 2.05. The molecule has 0 saturated carbocycles. The molecule has 110 valence electrons. The van der Waals surface area contributed by atoms with Gasteiger partial charge in [-0.15, -0.1) is 0 Å². The van der Waals surface area contributed by atoms with Crippen LogP contribution in [0.15, 0.2) is 0 Å². The van der Waals surface area contributed by atoms with E-state index in [1.165, 1.54) is 0 Å². The molecule has 4 unspecified atom stereocenters. The zero-order valence-corrected chi connectivity index (χ0v) is 12.7.